The molecule has 0 saturated heterocycles. The molecule has 0 radical (unpaired) electrons. The van der Waals surface area contributed by atoms with E-state index in [1.54, 1.807) is 0 Å². The molecule has 1 unspecified atom stereocenters. The molecule has 0 spiro atoms. The summed E-state index contributed by atoms with van der Waals surface area (Å²) in [4.78, 5) is 23.2. The lowest BCUT2D eigenvalue weighted by Gasteiger charge is -2.28. The Bertz CT molecular complexity index is 932. The Hall–Kier alpha value is -0.540. The Balaban J connectivity index is 4.29. The van der Waals surface area contributed by atoms with Gasteiger partial charge < -0.3 is 24.9 Å². The van der Waals surface area contributed by atoms with Gasteiger partial charge in [-0.25, -0.2) is 4.57 Å². The predicted molar refractivity (Wildman–Crippen MR) is 241 cm³/mol. The first-order valence-corrected chi connectivity index (χ1v) is 25.8. The van der Waals surface area contributed by atoms with E-state index in [0.29, 0.717) is 23.9 Å². The van der Waals surface area contributed by atoms with Gasteiger partial charge in [0.05, 0.1) is 39.9 Å². The molecule has 0 rings (SSSR count). The fourth-order valence-corrected chi connectivity index (χ4v) is 8.18. The molecular formula is C47H98N2O7P+. The number of rotatable bonds is 44. The lowest BCUT2D eigenvalue weighted by atomic mass is 9.99. The van der Waals surface area contributed by atoms with Crippen molar-refractivity contribution in [2.45, 2.75) is 251 Å². The first kappa shape index (κ1) is 56.5. The summed E-state index contributed by atoms with van der Waals surface area (Å²) in [5.74, 6) is 0.517. The number of carbonyl (C=O) groups excluding carboxylic acids is 1. The molecule has 0 fully saturated rings. The number of phosphoric acid groups is 1. The third kappa shape index (κ3) is 40.6. The third-order valence-corrected chi connectivity index (χ3v) is 12.4. The molecule has 4 atom stereocenters. The highest BCUT2D eigenvalue weighted by atomic mass is 31.2. The summed E-state index contributed by atoms with van der Waals surface area (Å²) in [6.45, 7) is 6.92. The summed E-state index contributed by atoms with van der Waals surface area (Å²) in [5.41, 5.74) is 0. The Kier molecular flexibility index (Phi) is 38.0. The van der Waals surface area contributed by atoms with Crippen LogP contribution in [0.2, 0.25) is 0 Å². The van der Waals surface area contributed by atoms with Gasteiger partial charge in [0.1, 0.15) is 19.3 Å². The number of nitrogens with one attached hydrogen (secondary N) is 1. The summed E-state index contributed by atoms with van der Waals surface area (Å²) < 4.78 is 23.5. The average molecular weight is 834 g/mol. The molecule has 0 aliphatic carbocycles. The van der Waals surface area contributed by atoms with Gasteiger partial charge >= 0.3 is 7.82 Å². The zero-order valence-electron chi connectivity index (χ0n) is 38.6. The molecule has 0 aromatic carbocycles. The van der Waals surface area contributed by atoms with Gasteiger partial charge in [-0.05, 0) is 18.8 Å². The molecule has 1 amide bonds. The number of phosphoric ester groups is 1. The molecule has 342 valence electrons. The van der Waals surface area contributed by atoms with Gasteiger partial charge in [-0.3, -0.25) is 13.8 Å². The van der Waals surface area contributed by atoms with Crippen LogP contribution >= 0.6 is 7.82 Å². The van der Waals surface area contributed by atoms with Crippen molar-refractivity contribution in [1.82, 2.24) is 5.32 Å². The number of nitrogens with zero attached hydrogens (tertiary/aromatic N) is 1. The Labute approximate surface area is 353 Å². The largest absolute Gasteiger partial charge is 0.472 e. The maximum atomic E-state index is 12.9. The molecule has 0 heterocycles. The number of hydrogen-bond donors (Lipinski definition) is 4. The van der Waals surface area contributed by atoms with Crippen LogP contribution in [-0.2, 0) is 18.4 Å². The van der Waals surface area contributed by atoms with Crippen molar-refractivity contribution < 1.29 is 38.0 Å². The van der Waals surface area contributed by atoms with E-state index >= 15 is 0 Å². The minimum Gasteiger partial charge on any atom is -0.390 e. The van der Waals surface area contributed by atoms with Gasteiger partial charge in [-0.2, -0.15) is 0 Å². The normalized spacial score (nSPS) is 14.8. The van der Waals surface area contributed by atoms with Gasteiger partial charge in [-0.15, -0.1) is 0 Å². The van der Waals surface area contributed by atoms with Crippen LogP contribution in [0.1, 0.15) is 233 Å². The maximum absolute atomic E-state index is 12.9. The van der Waals surface area contributed by atoms with Crippen molar-refractivity contribution in [3.8, 4) is 0 Å². The Morgan fingerprint density at radius 1 is 0.579 bits per heavy atom. The van der Waals surface area contributed by atoms with E-state index in [0.717, 1.165) is 44.4 Å². The van der Waals surface area contributed by atoms with Crippen molar-refractivity contribution in [3.63, 3.8) is 0 Å². The molecule has 57 heavy (non-hydrogen) atoms. The van der Waals surface area contributed by atoms with Crippen LogP contribution in [0.4, 0.5) is 0 Å². The molecular weight excluding hydrogens is 735 g/mol. The summed E-state index contributed by atoms with van der Waals surface area (Å²) in [6.07, 6.45) is 37.5. The topological polar surface area (TPSA) is 125 Å². The van der Waals surface area contributed by atoms with Gasteiger partial charge in [0.2, 0.25) is 5.91 Å². The maximum Gasteiger partial charge on any atom is 0.472 e. The summed E-state index contributed by atoms with van der Waals surface area (Å²) in [7, 11) is 1.45. The van der Waals surface area contributed by atoms with Crippen molar-refractivity contribution in [2.24, 2.45) is 5.92 Å². The molecule has 4 N–H and O–H groups in total. The van der Waals surface area contributed by atoms with Crippen molar-refractivity contribution in [1.29, 1.82) is 0 Å². The highest BCUT2D eigenvalue weighted by Gasteiger charge is 2.31. The van der Waals surface area contributed by atoms with E-state index in [1.807, 2.05) is 21.1 Å². The van der Waals surface area contributed by atoms with E-state index in [1.165, 1.54) is 161 Å². The van der Waals surface area contributed by atoms with E-state index in [4.69, 9.17) is 9.05 Å². The number of likely N-dealkylation sites (N-methyl/N-ethyl adjacent to an activating group) is 1. The second-order valence-corrected chi connectivity index (χ2v) is 20.3. The molecule has 0 aliphatic heterocycles. The van der Waals surface area contributed by atoms with Gasteiger partial charge in [0.15, 0.2) is 0 Å². The smallest absolute Gasteiger partial charge is 0.390 e. The molecule has 0 saturated carbocycles. The number of unbranched alkanes of at least 4 members (excludes halogenated alkanes) is 28. The number of aliphatic hydroxyl groups is 2. The van der Waals surface area contributed by atoms with Crippen molar-refractivity contribution in [2.75, 3.05) is 40.9 Å². The number of carbonyl (C=O) groups is 1. The first-order chi connectivity index (χ1) is 27.3. The van der Waals surface area contributed by atoms with Crippen LogP contribution in [0.15, 0.2) is 0 Å². The number of aliphatic hydroxyl groups excluding tert-OH is 2. The molecule has 10 heteroatoms. The van der Waals surface area contributed by atoms with Crippen molar-refractivity contribution in [3.05, 3.63) is 0 Å². The fraction of sp³-hybridized carbons (Fsp3) is 0.979. The van der Waals surface area contributed by atoms with E-state index < -0.39 is 32.7 Å². The van der Waals surface area contributed by atoms with Crippen LogP contribution in [0.5, 0.6) is 0 Å². The lowest BCUT2D eigenvalue weighted by Crippen LogP contribution is -2.51. The molecule has 0 aromatic rings. The Morgan fingerprint density at radius 2 is 0.947 bits per heavy atom. The summed E-state index contributed by atoms with van der Waals surface area (Å²) in [5, 5.41) is 24.7. The van der Waals surface area contributed by atoms with Gasteiger partial charge in [-0.1, -0.05) is 213 Å². The van der Waals surface area contributed by atoms with E-state index in [-0.39, 0.29) is 12.5 Å². The summed E-state index contributed by atoms with van der Waals surface area (Å²) >= 11 is 0. The van der Waals surface area contributed by atoms with Crippen LogP contribution < -0.4 is 5.32 Å². The third-order valence-electron chi connectivity index (χ3n) is 11.4. The number of hydrogen-bond acceptors (Lipinski definition) is 6. The van der Waals surface area contributed by atoms with E-state index in [2.05, 4.69) is 26.1 Å². The quantitative estimate of drug-likeness (QED) is 0.0274. The lowest BCUT2D eigenvalue weighted by molar-refractivity contribution is -0.870. The predicted octanol–water partition coefficient (Wildman–Crippen LogP) is 12.6. The monoisotopic (exact) mass is 834 g/mol. The number of amides is 1. The van der Waals surface area contributed by atoms with Crippen LogP contribution in [0, 0.1) is 5.92 Å². The molecule has 0 aromatic heterocycles. The molecule has 0 aliphatic rings. The minimum atomic E-state index is -4.41. The van der Waals surface area contributed by atoms with Gasteiger partial charge in [0.25, 0.3) is 0 Å². The van der Waals surface area contributed by atoms with E-state index in [9.17, 15) is 24.5 Å². The Morgan fingerprint density at radius 3 is 1.33 bits per heavy atom. The first-order valence-electron chi connectivity index (χ1n) is 24.3. The summed E-state index contributed by atoms with van der Waals surface area (Å²) in [6, 6.07) is -1.03. The second-order valence-electron chi connectivity index (χ2n) is 18.8. The SMILES string of the molecule is CCCCCCCCCCCCCCCCCCCCCCCCC(=O)N[C@@H](COP(=O)(O)OCC[N+](C)(C)C)[C@H](O)[C@H](O)CCCCCCCCCCC(C)C. The minimum absolute atomic E-state index is 0.0247. The highest BCUT2D eigenvalue weighted by molar-refractivity contribution is 7.47. The zero-order chi connectivity index (χ0) is 42.5. The zero-order valence-corrected chi connectivity index (χ0v) is 39.5. The molecule has 0 bridgehead atoms. The van der Waals surface area contributed by atoms with Crippen LogP contribution in [-0.4, -0.2) is 84.6 Å². The highest BCUT2D eigenvalue weighted by Crippen LogP contribution is 2.43. The molecule has 9 nitrogen and oxygen atoms in total. The van der Waals surface area contributed by atoms with Crippen molar-refractivity contribution >= 4 is 13.7 Å². The van der Waals surface area contributed by atoms with Gasteiger partial charge in [0, 0.05) is 6.42 Å². The standard InChI is InChI=1S/C47H97N2O7P/c1-7-8-9-10-11-12-13-14-15-16-17-18-19-20-21-22-23-24-25-30-33-36-39-46(51)48-44(42-56-57(53,54)55-41-40-49(4,5)6)47(52)45(50)38-35-32-29-27-26-28-31-34-37-43(2)3/h43-45,47,50,52H,7-42H2,1-6H3,(H-,48,51,53,54)/p+1/t44-,45+,47-/m0/s1. The average Bonchev–Trinajstić information content (AvgIpc) is 3.15. The van der Waals surface area contributed by atoms with Crippen LogP contribution in [0.3, 0.4) is 0 Å². The van der Waals surface area contributed by atoms with Crippen LogP contribution in [0.25, 0.3) is 0 Å². The second kappa shape index (κ2) is 38.4. The fourth-order valence-electron chi connectivity index (χ4n) is 7.45. The number of quaternary nitrogens is 1.